The van der Waals surface area contributed by atoms with E-state index in [4.69, 9.17) is 8.94 Å². The third-order valence-corrected chi connectivity index (χ3v) is 4.54. The third-order valence-electron chi connectivity index (χ3n) is 4.54. The van der Waals surface area contributed by atoms with E-state index in [1.807, 2.05) is 26.0 Å². The predicted molar refractivity (Wildman–Crippen MR) is 96.3 cm³/mol. The van der Waals surface area contributed by atoms with Gasteiger partial charge in [-0.15, -0.1) is 0 Å². The van der Waals surface area contributed by atoms with Crippen LogP contribution in [0, 0.1) is 20.8 Å². The number of aliphatic hydroxyl groups excluding tert-OH is 1. The van der Waals surface area contributed by atoms with E-state index in [0.29, 0.717) is 23.0 Å². The topological polar surface area (TPSA) is 92.5 Å². The molecule has 0 aliphatic rings. The molecule has 0 saturated carbocycles. The molecule has 0 saturated heterocycles. The first-order valence-corrected chi connectivity index (χ1v) is 8.25. The van der Waals surface area contributed by atoms with Crippen molar-refractivity contribution in [3.63, 3.8) is 0 Å². The van der Waals surface area contributed by atoms with Crippen LogP contribution in [-0.2, 0) is 0 Å². The molecule has 0 radical (unpaired) electrons. The van der Waals surface area contributed by atoms with Gasteiger partial charge in [0.2, 0.25) is 5.82 Å². The molecule has 2 aromatic heterocycles. The predicted octanol–water partition coefficient (Wildman–Crippen LogP) is 4.06. The second kappa shape index (κ2) is 6.09. The molecule has 0 unspecified atom stereocenters. The molecule has 26 heavy (non-hydrogen) atoms. The highest BCUT2D eigenvalue weighted by Gasteiger charge is 2.17. The van der Waals surface area contributed by atoms with E-state index in [1.54, 1.807) is 25.1 Å². The molecule has 6 heteroatoms. The maximum absolute atomic E-state index is 9.33. The van der Waals surface area contributed by atoms with Crippen LogP contribution in [0.4, 0.5) is 0 Å². The Morgan fingerprint density at radius 3 is 2.38 bits per heavy atom. The Morgan fingerprint density at radius 1 is 0.923 bits per heavy atom. The second-order valence-electron chi connectivity index (χ2n) is 6.42. The molecule has 6 nitrogen and oxygen atoms in total. The van der Waals surface area contributed by atoms with Crippen molar-refractivity contribution in [1.82, 2.24) is 10.1 Å². The van der Waals surface area contributed by atoms with Crippen LogP contribution in [-0.4, -0.2) is 20.4 Å². The van der Waals surface area contributed by atoms with Crippen LogP contribution in [0.15, 0.2) is 45.3 Å². The van der Waals surface area contributed by atoms with Crippen LogP contribution in [0.5, 0.6) is 0 Å². The molecule has 2 N–H and O–H groups in total. The smallest absolute Gasteiger partial charge is 0.293 e. The molecule has 0 aliphatic heterocycles. The number of hydrogen-bond acceptors (Lipinski definition) is 6. The number of nitrogens with zero attached hydrogens (tertiary/aromatic N) is 2. The highest BCUT2D eigenvalue weighted by Crippen LogP contribution is 2.32. The summed E-state index contributed by atoms with van der Waals surface area (Å²) in [5.74, 6) is 1.24. The van der Waals surface area contributed by atoms with Gasteiger partial charge in [0.25, 0.3) is 5.89 Å². The summed E-state index contributed by atoms with van der Waals surface area (Å²) in [5, 5.41) is 23.7. The first kappa shape index (κ1) is 16.5. The summed E-state index contributed by atoms with van der Waals surface area (Å²) in [5.41, 5.74) is 4.89. The van der Waals surface area contributed by atoms with Gasteiger partial charge in [0.1, 0.15) is 5.58 Å². The molecule has 0 atom stereocenters. The number of fused-ring (bicyclic) bond motifs is 1. The van der Waals surface area contributed by atoms with Gasteiger partial charge in [-0.3, -0.25) is 0 Å². The number of aromatic nitrogens is 2. The molecule has 0 amide bonds. The largest absolute Gasteiger partial charge is 0.451 e. The zero-order chi connectivity index (χ0) is 18.4. The molecular weight excluding hydrogens is 332 g/mol. The van der Waals surface area contributed by atoms with E-state index < -0.39 is 6.29 Å². The maximum atomic E-state index is 9.33. The van der Waals surface area contributed by atoms with Crippen LogP contribution in [0.2, 0.25) is 0 Å². The average Bonchev–Trinajstić information content (AvgIpc) is 3.25. The lowest BCUT2D eigenvalue weighted by molar-refractivity contribution is -0.0429. The van der Waals surface area contributed by atoms with E-state index in [-0.39, 0.29) is 0 Å². The fourth-order valence-corrected chi connectivity index (χ4v) is 3.04. The van der Waals surface area contributed by atoms with Gasteiger partial charge in [0.15, 0.2) is 12.1 Å². The van der Waals surface area contributed by atoms with Crippen molar-refractivity contribution in [3.05, 3.63) is 58.7 Å². The monoisotopic (exact) mass is 350 g/mol. The minimum absolute atomic E-state index is 0.305. The van der Waals surface area contributed by atoms with Gasteiger partial charge in [0.05, 0.1) is 0 Å². The summed E-state index contributed by atoms with van der Waals surface area (Å²) in [6.07, 6.45) is -1.51. The first-order chi connectivity index (χ1) is 12.4. The van der Waals surface area contributed by atoms with Crippen molar-refractivity contribution in [2.45, 2.75) is 27.1 Å². The Bertz CT molecular complexity index is 1070. The molecule has 0 bridgehead atoms. The fraction of sp³-hybridized carbons (Fsp3) is 0.200. The molecular formula is C20H18N2O4. The van der Waals surface area contributed by atoms with Gasteiger partial charge in [0, 0.05) is 16.5 Å². The molecule has 0 spiro atoms. The van der Waals surface area contributed by atoms with Gasteiger partial charge in [-0.1, -0.05) is 29.4 Å². The summed E-state index contributed by atoms with van der Waals surface area (Å²) < 4.78 is 11.3. The highest BCUT2D eigenvalue weighted by molar-refractivity contribution is 5.87. The van der Waals surface area contributed by atoms with E-state index >= 15 is 0 Å². The summed E-state index contributed by atoms with van der Waals surface area (Å²) in [7, 11) is 0. The number of benzene rings is 2. The highest BCUT2D eigenvalue weighted by atomic mass is 16.5. The second-order valence-corrected chi connectivity index (χ2v) is 6.42. The Hall–Kier alpha value is -2.96. The molecule has 2 heterocycles. The van der Waals surface area contributed by atoms with E-state index in [1.165, 1.54) is 0 Å². The van der Waals surface area contributed by atoms with Crippen molar-refractivity contribution in [3.8, 4) is 23.0 Å². The van der Waals surface area contributed by atoms with Crippen molar-refractivity contribution in [2.75, 3.05) is 0 Å². The Labute approximate surface area is 149 Å². The molecule has 0 aliphatic carbocycles. The summed E-state index contributed by atoms with van der Waals surface area (Å²) in [4.78, 5) is 4.42. The molecule has 0 fully saturated rings. The van der Waals surface area contributed by atoms with E-state index in [0.717, 1.165) is 33.2 Å². The van der Waals surface area contributed by atoms with Crippen LogP contribution in [0.1, 0.15) is 28.5 Å². The van der Waals surface area contributed by atoms with Crippen LogP contribution >= 0.6 is 0 Å². The number of aliphatic hydroxyl groups is 2. The lowest BCUT2D eigenvalue weighted by Gasteiger charge is -2.08. The van der Waals surface area contributed by atoms with Crippen molar-refractivity contribution < 1.29 is 19.2 Å². The normalized spacial score (nSPS) is 11.6. The minimum atomic E-state index is -1.51. The molecule has 4 aromatic rings. The summed E-state index contributed by atoms with van der Waals surface area (Å²) >= 11 is 0. The van der Waals surface area contributed by atoms with Crippen molar-refractivity contribution in [1.29, 1.82) is 0 Å². The lowest BCUT2D eigenvalue weighted by Crippen LogP contribution is -1.98. The third kappa shape index (κ3) is 2.69. The molecule has 132 valence electrons. The summed E-state index contributed by atoms with van der Waals surface area (Å²) in [6, 6.07) is 11.1. The van der Waals surface area contributed by atoms with Gasteiger partial charge in [-0.25, -0.2) is 0 Å². The number of hydrogen-bond donors (Lipinski definition) is 2. The Kier molecular flexibility index (Phi) is 3.86. The summed E-state index contributed by atoms with van der Waals surface area (Å²) in [6.45, 7) is 5.82. The standard InChI is InChI=1S/C20H18N2O4/c1-10-4-5-11(2)17-15(10)9-16(25-17)19-21-18(22-26-19)13-6-7-14(20(23)24)12(3)8-13/h4-9,20,23-24H,1-3H3. The molecule has 4 rings (SSSR count). The first-order valence-electron chi connectivity index (χ1n) is 8.25. The number of aryl methyl sites for hydroxylation is 3. The zero-order valence-electron chi connectivity index (χ0n) is 14.6. The minimum Gasteiger partial charge on any atom is -0.451 e. The zero-order valence-corrected chi connectivity index (χ0v) is 14.6. The lowest BCUT2D eigenvalue weighted by atomic mass is 10.0. The van der Waals surface area contributed by atoms with Crippen LogP contribution in [0.3, 0.4) is 0 Å². The Balaban J connectivity index is 1.74. The number of rotatable bonds is 3. The molecule has 2 aromatic carbocycles. The SMILES string of the molecule is Cc1cc(-c2noc(-c3cc4c(C)ccc(C)c4o3)n2)ccc1C(O)O. The quantitative estimate of drug-likeness (QED) is 0.541. The van der Waals surface area contributed by atoms with Gasteiger partial charge < -0.3 is 19.2 Å². The number of furan rings is 1. The van der Waals surface area contributed by atoms with Crippen LogP contribution < -0.4 is 0 Å². The van der Waals surface area contributed by atoms with E-state index in [9.17, 15) is 10.2 Å². The van der Waals surface area contributed by atoms with Crippen LogP contribution in [0.25, 0.3) is 34.0 Å². The van der Waals surface area contributed by atoms with Gasteiger partial charge in [-0.05, 0) is 49.6 Å². The van der Waals surface area contributed by atoms with Crippen molar-refractivity contribution in [2.24, 2.45) is 0 Å². The fourth-order valence-electron chi connectivity index (χ4n) is 3.04. The Morgan fingerprint density at radius 2 is 1.69 bits per heavy atom. The van der Waals surface area contributed by atoms with Gasteiger partial charge in [-0.2, -0.15) is 4.98 Å². The van der Waals surface area contributed by atoms with Gasteiger partial charge >= 0.3 is 0 Å². The average molecular weight is 350 g/mol. The van der Waals surface area contributed by atoms with Crippen molar-refractivity contribution >= 4 is 11.0 Å². The van der Waals surface area contributed by atoms with E-state index in [2.05, 4.69) is 16.2 Å². The maximum Gasteiger partial charge on any atom is 0.293 e.